The fraction of sp³-hybridized carbons (Fsp3) is 0.467. The summed E-state index contributed by atoms with van der Waals surface area (Å²) in [6.07, 6.45) is 2.08. The summed E-state index contributed by atoms with van der Waals surface area (Å²) in [5.74, 6) is 0.460. The van der Waals surface area contributed by atoms with Crippen LogP contribution < -0.4 is 9.47 Å². The lowest BCUT2D eigenvalue weighted by molar-refractivity contribution is -0.139. The fourth-order valence-electron chi connectivity index (χ4n) is 2.14. The number of hydrogen-bond donors (Lipinski definition) is 0. The molecule has 1 aliphatic rings. The van der Waals surface area contributed by atoms with Gasteiger partial charge in [-0.05, 0) is 24.1 Å². The first-order valence-electron chi connectivity index (χ1n) is 6.69. The van der Waals surface area contributed by atoms with Crippen molar-refractivity contribution in [2.24, 2.45) is 0 Å². The van der Waals surface area contributed by atoms with Crippen molar-refractivity contribution in [2.75, 3.05) is 20.8 Å². The molecule has 114 valence electrons. The lowest BCUT2D eigenvalue weighted by Gasteiger charge is -2.17. The number of ether oxygens (including phenoxy) is 4. The van der Waals surface area contributed by atoms with E-state index in [1.54, 1.807) is 12.1 Å². The summed E-state index contributed by atoms with van der Waals surface area (Å²) in [7, 11) is 2.79. The highest BCUT2D eigenvalue weighted by molar-refractivity contribution is 5.83. The smallest absolute Gasteiger partial charge is 0.310 e. The predicted octanol–water partition coefficient (Wildman–Crippen LogP) is 1.74. The molecule has 0 radical (unpaired) electrons. The molecule has 2 rings (SSSR count). The molecule has 1 unspecified atom stereocenters. The van der Waals surface area contributed by atoms with Gasteiger partial charge in [-0.25, -0.2) is 0 Å². The zero-order valence-electron chi connectivity index (χ0n) is 12.1. The molecule has 1 fully saturated rings. The molecule has 1 aromatic rings. The van der Waals surface area contributed by atoms with Crippen LogP contribution in [0.5, 0.6) is 11.5 Å². The third kappa shape index (κ3) is 3.72. The minimum Gasteiger partial charge on any atom is -0.493 e. The molecule has 1 atom stereocenters. The zero-order valence-corrected chi connectivity index (χ0v) is 12.1. The standard InChI is InChI=1S/C15H18O6/c1-18-12-7-11(9-16)10(8-14(17)19-2)6-13(12)21-15-4-3-5-20-15/h6-7,9,15H,3-5,8H2,1-2H3. The number of carbonyl (C=O) groups is 2. The summed E-state index contributed by atoms with van der Waals surface area (Å²) in [5, 5.41) is 0. The quantitative estimate of drug-likeness (QED) is 0.588. The summed E-state index contributed by atoms with van der Waals surface area (Å²) in [4.78, 5) is 22.6. The maximum atomic E-state index is 11.4. The van der Waals surface area contributed by atoms with Gasteiger partial charge in [-0.3, -0.25) is 9.59 Å². The zero-order chi connectivity index (χ0) is 15.2. The Labute approximate surface area is 122 Å². The van der Waals surface area contributed by atoms with Gasteiger partial charge in [-0.15, -0.1) is 0 Å². The van der Waals surface area contributed by atoms with Crippen molar-refractivity contribution in [1.29, 1.82) is 0 Å². The number of methoxy groups -OCH3 is 2. The van der Waals surface area contributed by atoms with Crippen molar-refractivity contribution in [3.8, 4) is 11.5 Å². The van der Waals surface area contributed by atoms with E-state index in [9.17, 15) is 9.59 Å². The van der Waals surface area contributed by atoms with Crippen LogP contribution in [0.2, 0.25) is 0 Å². The average molecular weight is 294 g/mol. The summed E-state index contributed by atoms with van der Waals surface area (Å²) in [6.45, 7) is 0.661. The number of esters is 1. The summed E-state index contributed by atoms with van der Waals surface area (Å²) >= 11 is 0. The van der Waals surface area contributed by atoms with Gasteiger partial charge in [0.25, 0.3) is 0 Å². The number of hydrogen-bond acceptors (Lipinski definition) is 6. The van der Waals surface area contributed by atoms with Gasteiger partial charge in [0.05, 0.1) is 27.2 Å². The summed E-state index contributed by atoms with van der Waals surface area (Å²) in [5.41, 5.74) is 0.905. The molecule has 0 spiro atoms. The highest BCUT2D eigenvalue weighted by Gasteiger charge is 2.21. The maximum Gasteiger partial charge on any atom is 0.310 e. The molecule has 21 heavy (non-hydrogen) atoms. The highest BCUT2D eigenvalue weighted by atomic mass is 16.7. The van der Waals surface area contributed by atoms with E-state index < -0.39 is 5.97 Å². The van der Waals surface area contributed by atoms with E-state index >= 15 is 0 Å². The highest BCUT2D eigenvalue weighted by Crippen LogP contribution is 2.33. The molecular formula is C15H18O6. The van der Waals surface area contributed by atoms with Gasteiger partial charge in [-0.1, -0.05) is 0 Å². The molecule has 0 bridgehead atoms. The third-order valence-corrected chi connectivity index (χ3v) is 3.26. The molecule has 1 heterocycles. The fourth-order valence-corrected chi connectivity index (χ4v) is 2.14. The Bertz CT molecular complexity index is 519. The molecule has 0 aromatic heterocycles. The first-order chi connectivity index (χ1) is 10.2. The molecule has 6 nitrogen and oxygen atoms in total. The van der Waals surface area contributed by atoms with Crippen molar-refractivity contribution in [3.05, 3.63) is 23.3 Å². The summed E-state index contributed by atoms with van der Waals surface area (Å²) < 4.78 is 21.0. The van der Waals surface area contributed by atoms with Crippen molar-refractivity contribution >= 4 is 12.3 Å². The second-order valence-electron chi connectivity index (χ2n) is 4.63. The second kappa shape index (κ2) is 7.08. The van der Waals surface area contributed by atoms with E-state index in [2.05, 4.69) is 4.74 Å². The number of carbonyl (C=O) groups excluding carboxylic acids is 2. The van der Waals surface area contributed by atoms with Crippen molar-refractivity contribution in [2.45, 2.75) is 25.6 Å². The number of aldehydes is 1. The van der Waals surface area contributed by atoms with Crippen LogP contribution in [0.3, 0.4) is 0 Å². The van der Waals surface area contributed by atoms with Crippen LogP contribution in [-0.2, 0) is 20.7 Å². The normalized spacial score (nSPS) is 17.3. The van der Waals surface area contributed by atoms with Gasteiger partial charge >= 0.3 is 5.97 Å². The molecule has 0 N–H and O–H groups in total. The van der Waals surface area contributed by atoms with Crippen LogP contribution in [0.1, 0.15) is 28.8 Å². The van der Waals surface area contributed by atoms with E-state index in [1.807, 2.05) is 0 Å². The average Bonchev–Trinajstić information content (AvgIpc) is 3.00. The van der Waals surface area contributed by atoms with Crippen LogP contribution in [0.15, 0.2) is 12.1 Å². The number of benzene rings is 1. The predicted molar refractivity (Wildman–Crippen MR) is 73.7 cm³/mol. The van der Waals surface area contributed by atoms with Crippen molar-refractivity contribution in [3.63, 3.8) is 0 Å². The Morgan fingerprint density at radius 1 is 1.38 bits per heavy atom. The van der Waals surface area contributed by atoms with Gasteiger partial charge in [-0.2, -0.15) is 0 Å². The molecule has 1 saturated heterocycles. The molecule has 1 aromatic carbocycles. The first-order valence-corrected chi connectivity index (χ1v) is 6.69. The number of rotatable bonds is 6. The topological polar surface area (TPSA) is 71.1 Å². The summed E-state index contributed by atoms with van der Waals surface area (Å²) in [6, 6.07) is 3.18. The Hall–Kier alpha value is -2.08. The van der Waals surface area contributed by atoms with E-state index in [4.69, 9.17) is 14.2 Å². The minimum absolute atomic E-state index is 0.00352. The molecule has 0 saturated carbocycles. The third-order valence-electron chi connectivity index (χ3n) is 3.26. The Balaban J connectivity index is 2.30. The molecule has 6 heteroatoms. The molecule has 0 aliphatic carbocycles. The van der Waals surface area contributed by atoms with Gasteiger partial charge < -0.3 is 18.9 Å². The van der Waals surface area contributed by atoms with Gasteiger partial charge in [0.2, 0.25) is 0 Å². The van der Waals surface area contributed by atoms with Gasteiger partial charge in [0, 0.05) is 12.0 Å². The van der Waals surface area contributed by atoms with Crippen LogP contribution in [0.25, 0.3) is 0 Å². The Morgan fingerprint density at radius 3 is 2.76 bits per heavy atom. The van der Waals surface area contributed by atoms with E-state index in [0.717, 1.165) is 12.8 Å². The van der Waals surface area contributed by atoms with Crippen LogP contribution in [0, 0.1) is 0 Å². The van der Waals surface area contributed by atoms with Crippen molar-refractivity contribution < 1.29 is 28.5 Å². The lowest BCUT2D eigenvalue weighted by Crippen LogP contribution is -2.15. The monoisotopic (exact) mass is 294 g/mol. The van der Waals surface area contributed by atoms with Gasteiger partial charge in [0.1, 0.15) is 6.29 Å². The lowest BCUT2D eigenvalue weighted by atomic mass is 10.0. The van der Waals surface area contributed by atoms with Crippen LogP contribution >= 0.6 is 0 Å². The van der Waals surface area contributed by atoms with E-state index in [1.165, 1.54) is 14.2 Å². The van der Waals surface area contributed by atoms with Crippen LogP contribution in [0.4, 0.5) is 0 Å². The SMILES string of the molecule is COC(=O)Cc1cc(OC2CCCO2)c(OC)cc1C=O. The van der Waals surface area contributed by atoms with E-state index in [-0.39, 0.29) is 12.7 Å². The molecular weight excluding hydrogens is 276 g/mol. The van der Waals surface area contributed by atoms with E-state index in [0.29, 0.717) is 35.5 Å². The minimum atomic E-state index is -0.425. The Kier molecular flexibility index (Phi) is 5.16. The molecule has 0 amide bonds. The van der Waals surface area contributed by atoms with Crippen molar-refractivity contribution in [1.82, 2.24) is 0 Å². The first kappa shape index (κ1) is 15.3. The second-order valence-corrected chi connectivity index (χ2v) is 4.63. The Morgan fingerprint density at radius 2 is 2.19 bits per heavy atom. The van der Waals surface area contributed by atoms with Gasteiger partial charge in [0.15, 0.2) is 17.8 Å². The maximum absolute atomic E-state index is 11.4. The largest absolute Gasteiger partial charge is 0.493 e. The molecule has 1 aliphatic heterocycles. The van der Waals surface area contributed by atoms with Crippen LogP contribution in [-0.4, -0.2) is 39.4 Å².